The molecule has 3 N–H and O–H groups in total. The Bertz CT molecular complexity index is 722. The number of H-pyrrole nitrogens is 1. The Labute approximate surface area is 112 Å². The molecule has 1 aromatic heterocycles. The number of rotatable bonds is 2. The fourth-order valence-electron chi connectivity index (χ4n) is 1.74. The summed E-state index contributed by atoms with van der Waals surface area (Å²) in [5.74, 6) is 0. The van der Waals surface area contributed by atoms with E-state index in [0.717, 1.165) is 6.07 Å². The average Bonchev–Trinajstić information content (AvgIpc) is 2.11. The first kappa shape index (κ1) is 13.6. The van der Waals surface area contributed by atoms with Gasteiger partial charge in [0.15, 0.2) is 0 Å². The van der Waals surface area contributed by atoms with E-state index in [1.54, 1.807) is 0 Å². The lowest BCUT2D eigenvalue weighted by molar-refractivity contribution is 0.372. The molecule has 0 saturated heterocycles. The van der Waals surface area contributed by atoms with Crippen LogP contribution < -0.4 is 5.56 Å². The zero-order chi connectivity index (χ0) is 13.5. The topological polar surface area (TPSA) is 90.4 Å². The first-order valence-electron chi connectivity index (χ1n) is 4.82. The van der Waals surface area contributed by atoms with Gasteiger partial charge in [0.25, 0.3) is 0 Å². The van der Waals surface area contributed by atoms with E-state index in [9.17, 15) is 9.36 Å². The highest BCUT2D eigenvalue weighted by Gasteiger charge is 2.18. The standard InChI is InChI=1S/C10H8Cl2NO4P/c11-6-2-7(12)10-5(4-18(15,16)17)1-9(14)13-8(10)3-6/h1-3H,4H2,(H,13,14)(H2,15,16,17). The molecule has 18 heavy (non-hydrogen) atoms. The van der Waals surface area contributed by atoms with Crippen molar-refractivity contribution < 1.29 is 14.4 Å². The predicted molar refractivity (Wildman–Crippen MR) is 70.3 cm³/mol. The molecule has 0 saturated carbocycles. The molecule has 2 rings (SSSR count). The van der Waals surface area contributed by atoms with E-state index in [-0.39, 0.29) is 10.6 Å². The number of halogens is 2. The van der Waals surface area contributed by atoms with Gasteiger partial charge >= 0.3 is 7.60 Å². The minimum absolute atomic E-state index is 0.198. The van der Waals surface area contributed by atoms with Crippen LogP contribution in [-0.4, -0.2) is 14.8 Å². The van der Waals surface area contributed by atoms with Crippen LogP contribution in [0.2, 0.25) is 10.0 Å². The number of aromatic nitrogens is 1. The summed E-state index contributed by atoms with van der Waals surface area (Å²) in [6, 6.07) is 4.06. The van der Waals surface area contributed by atoms with E-state index in [1.807, 2.05) is 0 Å². The van der Waals surface area contributed by atoms with Gasteiger partial charge in [-0.2, -0.15) is 0 Å². The first-order chi connectivity index (χ1) is 8.26. The van der Waals surface area contributed by atoms with Crippen LogP contribution in [0.1, 0.15) is 5.56 Å². The second-order valence-corrected chi connectivity index (χ2v) is 6.28. The molecule has 0 aliphatic carbocycles. The summed E-state index contributed by atoms with van der Waals surface area (Å²) in [5, 5.41) is 0.956. The number of nitrogens with one attached hydrogen (secondary N) is 1. The normalized spacial score (nSPS) is 12.0. The number of fused-ring (bicyclic) bond motifs is 1. The number of pyridine rings is 1. The Morgan fingerprint density at radius 3 is 2.50 bits per heavy atom. The molecular formula is C10H8Cl2NO4P. The monoisotopic (exact) mass is 307 g/mol. The largest absolute Gasteiger partial charge is 0.329 e. The van der Waals surface area contributed by atoms with Crippen molar-refractivity contribution >= 4 is 41.7 Å². The summed E-state index contributed by atoms with van der Waals surface area (Å²) in [4.78, 5) is 31.9. The summed E-state index contributed by atoms with van der Waals surface area (Å²) in [5.41, 5.74) is 0.0801. The molecule has 96 valence electrons. The summed E-state index contributed by atoms with van der Waals surface area (Å²) in [6.45, 7) is 0. The minimum Gasteiger partial charge on any atom is -0.324 e. The molecule has 0 bridgehead atoms. The van der Waals surface area contributed by atoms with Crippen LogP contribution >= 0.6 is 30.8 Å². The van der Waals surface area contributed by atoms with E-state index >= 15 is 0 Å². The maximum atomic E-state index is 11.4. The Hall–Kier alpha value is -0.840. The molecule has 1 heterocycles. The number of hydrogen-bond donors (Lipinski definition) is 3. The fourth-order valence-corrected chi connectivity index (χ4v) is 3.05. The van der Waals surface area contributed by atoms with Crippen molar-refractivity contribution in [2.24, 2.45) is 0 Å². The Morgan fingerprint density at radius 2 is 1.89 bits per heavy atom. The molecule has 0 spiro atoms. The van der Waals surface area contributed by atoms with E-state index in [4.69, 9.17) is 33.0 Å². The van der Waals surface area contributed by atoms with E-state index in [2.05, 4.69) is 4.98 Å². The highest BCUT2D eigenvalue weighted by molar-refractivity contribution is 7.50. The van der Waals surface area contributed by atoms with Crippen molar-refractivity contribution in [1.82, 2.24) is 4.98 Å². The molecule has 0 radical (unpaired) electrons. The molecule has 0 atom stereocenters. The highest BCUT2D eigenvalue weighted by atomic mass is 35.5. The molecule has 8 heteroatoms. The maximum absolute atomic E-state index is 11.4. The van der Waals surface area contributed by atoms with Crippen LogP contribution in [-0.2, 0) is 10.7 Å². The highest BCUT2D eigenvalue weighted by Crippen LogP contribution is 2.41. The van der Waals surface area contributed by atoms with E-state index in [0.29, 0.717) is 15.9 Å². The van der Waals surface area contributed by atoms with Crippen LogP contribution in [0.15, 0.2) is 23.0 Å². The molecule has 0 aliphatic rings. The summed E-state index contributed by atoms with van der Waals surface area (Å²) in [6.07, 6.45) is -0.547. The molecule has 0 aliphatic heterocycles. The quantitative estimate of drug-likeness (QED) is 0.744. The predicted octanol–water partition coefficient (Wildman–Crippen LogP) is 2.51. The summed E-state index contributed by atoms with van der Waals surface area (Å²) < 4.78 is 11.0. The van der Waals surface area contributed by atoms with E-state index in [1.165, 1.54) is 12.1 Å². The van der Waals surface area contributed by atoms with Gasteiger partial charge < -0.3 is 14.8 Å². The lowest BCUT2D eigenvalue weighted by Gasteiger charge is -2.09. The number of hydrogen-bond acceptors (Lipinski definition) is 2. The zero-order valence-electron chi connectivity index (χ0n) is 8.85. The molecule has 2 aromatic rings. The number of aromatic amines is 1. The van der Waals surface area contributed by atoms with Gasteiger partial charge in [-0.25, -0.2) is 0 Å². The first-order valence-corrected chi connectivity index (χ1v) is 7.37. The van der Waals surface area contributed by atoms with Gasteiger partial charge in [0.2, 0.25) is 5.56 Å². The molecular weight excluding hydrogens is 300 g/mol. The third-order valence-corrected chi connectivity index (χ3v) is 3.58. The molecule has 0 amide bonds. The minimum atomic E-state index is -4.29. The smallest absolute Gasteiger partial charge is 0.324 e. The van der Waals surface area contributed by atoms with Crippen molar-refractivity contribution in [2.45, 2.75) is 6.16 Å². The molecule has 1 aromatic carbocycles. The van der Waals surface area contributed by atoms with Crippen molar-refractivity contribution in [3.63, 3.8) is 0 Å². The summed E-state index contributed by atoms with van der Waals surface area (Å²) in [7, 11) is -4.29. The van der Waals surface area contributed by atoms with Crippen molar-refractivity contribution in [3.8, 4) is 0 Å². The van der Waals surface area contributed by atoms with Gasteiger partial charge in [0.05, 0.1) is 16.7 Å². The Morgan fingerprint density at radius 1 is 1.22 bits per heavy atom. The molecule has 0 fully saturated rings. The van der Waals surface area contributed by atoms with Crippen LogP contribution in [0.5, 0.6) is 0 Å². The second kappa shape index (κ2) is 4.68. The molecule has 0 unspecified atom stereocenters. The lowest BCUT2D eigenvalue weighted by Crippen LogP contribution is -2.07. The number of benzene rings is 1. The zero-order valence-corrected chi connectivity index (χ0v) is 11.3. The Kier molecular flexibility index (Phi) is 3.54. The van der Waals surface area contributed by atoms with Gasteiger partial charge in [-0.15, -0.1) is 0 Å². The van der Waals surface area contributed by atoms with Crippen LogP contribution in [0.4, 0.5) is 0 Å². The lowest BCUT2D eigenvalue weighted by atomic mass is 10.1. The van der Waals surface area contributed by atoms with Crippen LogP contribution in [0.3, 0.4) is 0 Å². The van der Waals surface area contributed by atoms with Gasteiger partial charge in [-0.05, 0) is 17.7 Å². The maximum Gasteiger partial charge on any atom is 0.329 e. The van der Waals surface area contributed by atoms with Gasteiger partial charge in [0.1, 0.15) is 0 Å². The van der Waals surface area contributed by atoms with Crippen LogP contribution in [0.25, 0.3) is 10.9 Å². The van der Waals surface area contributed by atoms with Gasteiger partial charge in [-0.3, -0.25) is 9.36 Å². The third-order valence-electron chi connectivity index (χ3n) is 2.32. The second-order valence-electron chi connectivity index (χ2n) is 3.79. The molecule has 5 nitrogen and oxygen atoms in total. The van der Waals surface area contributed by atoms with Crippen molar-refractivity contribution in [1.29, 1.82) is 0 Å². The van der Waals surface area contributed by atoms with Gasteiger partial charge in [0, 0.05) is 16.5 Å². The van der Waals surface area contributed by atoms with E-state index < -0.39 is 19.3 Å². The SMILES string of the molecule is O=c1cc(CP(=O)(O)O)c2c(Cl)cc(Cl)cc2[nH]1. The van der Waals surface area contributed by atoms with Crippen molar-refractivity contribution in [2.75, 3.05) is 0 Å². The Balaban J connectivity index is 2.80. The van der Waals surface area contributed by atoms with Crippen LogP contribution in [0, 0.1) is 0 Å². The third kappa shape index (κ3) is 2.94. The summed E-state index contributed by atoms with van der Waals surface area (Å²) >= 11 is 11.8. The average molecular weight is 308 g/mol. The fraction of sp³-hybridized carbons (Fsp3) is 0.100. The van der Waals surface area contributed by atoms with Gasteiger partial charge in [-0.1, -0.05) is 23.2 Å². The van der Waals surface area contributed by atoms with Crippen molar-refractivity contribution in [3.05, 3.63) is 44.2 Å².